The van der Waals surface area contributed by atoms with E-state index in [9.17, 15) is 13.5 Å². The Bertz CT molecular complexity index is 800. The zero-order valence-electron chi connectivity index (χ0n) is 12.6. The zero-order chi connectivity index (χ0) is 16.6. The summed E-state index contributed by atoms with van der Waals surface area (Å²) in [5.74, 6) is 0.0338. The Labute approximate surface area is 140 Å². The zero-order valence-corrected chi connectivity index (χ0v) is 14.1. The van der Waals surface area contributed by atoms with Crippen LogP contribution >= 0.6 is 11.6 Å². The van der Waals surface area contributed by atoms with Crippen molar-refractivity contribution in [1.29, 1.82) is 0 Å². The Hall–Kier alpha value is -1.41. The summed E-state index contributed by atoms with van der Waals surface area (Å²) in [6.45, 7) is 0. The van der Waals surface area contributed by atoms with Crippen molar-refractivity contribution in [2.45, 2.75) is 29.9 Å². The lowest BCUT2D eigenvalue weighted by Crippen LogP contribution is -2.41. The van der Waals surface area contributed by atoms with Gasteiger partial charge in [-0.2, -0.15) is 5.10 Å². The third-order valence-corrected chi connectivity index (χ3v) is 6.05. The minimum absolute atomic E-state index is 0.0338. The van der Waals surface area contributed by atoms with Gasteiger partial charge in [-0.1, -0.05) is 23.7 Å². The van der Waals surface area contributed by atoms with Gasteiger partial charge in [0.05, 0.1) is 23.4 Å². The molecule has 0 saturated heterocycles. The molecule has 1 aliphatic carbocycles. The topological polar surface area (TPSA) is 84.2 Å². The van der Waals surface area contributed by atoms with Gasteiger partial charge in [0.2, 0.25) is 10.0 Å². The molecule has 0 bridgehead atoms. The average molecular weight is 356 g/mol. The molecular formula is C15H18ClN3O3S. The highest BCUT2D eigenvalue weighted by atomic mass is 35.5. The number of aliphatic hydroxyl groups is 1. The van der Waals surface area contributed by atoms with E-state index in [1.54, 1.807) is 42.3 Å². The Balaban J connectivity index is 1.90. The maximum Gasteiger partial charge on any atom is 0.242 e. The van der Waals surface area contributed by atoms with E-state index in [1.165, 1.54) is 6.07 Å². The van der Waals surface area contributed by atoms with Crippen molar-refractivity contribution in [3.8, 4) is 0 Å². The molecule has 2 N–H and O–H groups in total. The minimum Gasteiger partial charge on any atom is -0.393 e. The van der Waals surface area contributed by atoms with E-state index in [0.717, 1.165) is 5.56 Å². The fourth-order valence-corrected chi connectivity index (χ4v) is 4.65. The fraction of sp³-hybridized carbons (Fsp3) is 0.400. The Morgan fingerprint density at radius 3 is 2.65 bits per heavy atom. The third kappa shape index (κ3) is 3.42. The van der Waals surface area contributed by atoms with Crippen molar-refractivity contribution in [2.24, 2.45) is 13.0 Å². The maximum atomic E-state index is 12.7. The van der Waals surface area contributed by atoms with Crippen LogP contribution in [0.2, 0.25) is 5.02 Å². The summed E-state index contributed by atoms with van der Waals surface area (Å²) in [5, 5.41) is 13.8. The van der Waals surface area contributed by atoms with Crippen molar-refractivity contribution in [3.05, 3.63) is 47.2 Å². The Kier molecular flexibility index (Phi) is 4.46. The Morgan fingerprint density at radius 2 is 2.09 bits per heavy atom. The smallest absolute Gasteiger partial charge is 0.242 e. The van der Waals surface area contributed by atoms with E-state index >= 15 is 0 Å². The number of sulfonamides is 1. The van der Waals surface area contributed by atoms with Crippen LogP contribution in [0.25, 0.3) is 0 Å². The SMILES string of the molecule is Cn1cc(C(NS(=O)(=O)c2ccccc2Cl)C2CC(O)C2)cn1. The molecule has 124 valence electrons. The predicted molar refractivity (Wildman–Crippen MR) is 86.5 cm³/mol. The Morgan fingerprint density at radius 1 is 1.39 bits per heavy atom. The largest absolute Gasteiger partial charge is 0.393 e. The molecule has 1 fully saturated rings. The number of rotatable bonds is 5. The quantitative estimate of drug-likeness (QED) is 0.857. The highest BCUT2D eigenvalue weighted by molar-refractivity contribution is 7.89. The van der Waals surface area contributed by atoms with Gasteiger partial charge in [0, 0.05) is 18.8 Å². The van der Waals surface area contributed by atoms with Crippen LogP contribution in [0.5, 0.6) is 0 Å². The molecule has 3 rings (SSSR count). The van der Waals surface area contributed by atoms with Gasteiger partial charge in [-0.05, 0) is 30.9 Å². The van der Waals surface area contributed by atoms with Crippen LogP contribution in [-0.2, 0) is 17.1 Å². The number of hydrogen-bond acceptors (Lipinski definition) is 4. The van der Waals surface area contributed by atoms with E-state index in [-0.39, 0.29) is 21.9 Å². The van der Waals surface area contributed by atoms with Crippen LogP contribution in [0.3, 0.4) is 0 Å². The summed E-state index contributed by atoms with van der Waals surface area (Å²) in [5.41, 5.74) is 0.778. The van der Waals surface area contributed by atoms with Gasteiger partial charge < -0.3 is 5.11 Å². The molecule has 0 amide bonds. The van der Waals surface area contributed by atoms with Crippen molar-refractivity contribution in [3.63, 3.8) is 0 Å². The number of hydrogen-bond donors (Lipinski definition) is 2. The maximum absolute atomic E-state index is 12.7. The lowest BCUT2D eigenvalue weighted by Gasteiger charge is -2.37. The monoisotopic (exact) mass is 355 g/mol. The van der Waals surface area contributed by atoms with E-state index in [0.29, 0.717) is 12.8 Å². The van der Waals surface area contributed by atoms with Crippen LogP contribution in [-0.4, -0.2) is 29.4 Å². The molecule has 1 aromatic carbocycles. The van der Waals surface area contributed by atoms with Crippen molar-refractivity contribution in [2.75, 3.05) is 0 Å². The van der Waals surface area contributed by atoms with E-state index < -0.39 is 16.1 Å². The summed E-state index contributed by atoms with van der Waals surface area (Å²) in [7, 11) is -1.99. The fourth-order valence-electron chi connectivity index (χ4n) is 2.83. The van der Waals surface area contributed by atoms with Gasteiger partial charge in [0.25, 0.3) is 0 Å². The van der Waals surface area contributed by atoms with Crippen LogP contribution in [0.15, 0.2) is 41.6 Å². The van der Waals surface area contributed by atoms with Gasteiger partial charge in [0.15, 0.2) is 0 Å². The molecule has 0 aliphatic heterocycles. The number of nitrogens with zero attached hydrogens (tertiary/aromatic N) is 2. The first-order valence-corrected chi connectivity index (χ1v) is 9.16. The molecule has 8 heteroatoms. The highest BCUT2D eigenvalue weighted by Crippen LogP contribution is 2.39. The number of benzene rings is 1. The van der Waals surface area contributed by atoms with E-state index in [2.05, 4.69) is 9.82 Å². The van der Waals surface area contributed by atoms with E-state index in [4.69, 9.17) is 11.6 Å². The second-order valence-electron chi connectivity index (χ2n) is 5.86. The molecule has 0 radical (unpaired) electrons. The van der Waals surface area contributed by atoms with Crippen molar-refractivity contribution >= 4 is 21.6 Å². The molecule has 1 saturated carbocycles. The van der Waals surface area contributed by atoms with Gasteiger partial charge >= 0.3 is 0 Å². The molecule has 1 atom stereocenters. The lowest BCUT2D eigenvalue weighted by molar-refractivity contribution is 0.0280. The predicted octanol–water partition coefficient (Wildman–Crippen LogP) is 1.86. The van der Waals surface area contributed by atoms with Crippen molar-refractivity contribution in [1.82, 2.24) is 14.5 Å². The normalized spacial score (nSPS) is 22.6. The average Bonchev–Trinajstić information content (AvgIpc) is 2.88. The van der Waals surface area contributed by atoms with Gasteiger partial charge in [-0.15, -0.1) is 0 Å². The second-order valence-corrected chi connectivity index (χ2v) is 7.95. The molecule has 1 unspecified atom stereocenters. The van der Waals surface area contributed by atoms with Crippen LogP contribution < -0.4 is 4.72 Å². The molecule has 1 heterocycles. The third-order valence-electron chi connectivity index (χ3n) is 4.11. The molecule has 23 heavy (non-hydrogen) atoms. The van der Waals surface area contributed by atoms with E-state index in [1.807, 2.05) is 0 Å². The van der Waals surface area contributed by atoms with Crippen molar-refractivity contribution < 1.29 is 13.5 Å². The molecule has 0 spiro atoms. The number of aliphatic hydroxyl groups excluding tert-OH is 1. The highest BCUT2D eigenvalue weighted by Gasteiger charge is 2.38. The molecule has 2 aromatic rings. The number of aryl methyl sites for hydroxylation is 1. The first kappa shape index (κ1) is 16.4. The summed E-state index contributed by atoms with van der Waals surface area (Å²) < 4.78 is 29.7. The van der Waals surface area contributed by atoms with Gasteiger partial charge in [-0.3, -0.25) is 4.68 Å². The van der Waals surface area contributed by atoms with Crippen LogP contribution in [0, 0.1) is 5.92 Å². The number of nitrogens with one attached hydrogen (secondary N) is 1. The van der Waals surface area contributed by atoms with Crippen LogP contribution in [0.4, 0.5) is 0 Å². The standard InChI is InChI=1S/C15H18ClN3O3S/c1-19-9-11(8-17-19)15(10-6-12(20)7-10)18-23(21,22)14-5-3-2-4-13(14)16/h2-5,8-10,12,15,18,20H,6-7H2,1H3. The first-order valence-electron chi connectivity index (χ1n) is 7.30. The summed E-state index contributed by atoms with van der Waals surface area (Å²) in [6, 6.07) is 5.89. The van der Waals surface area contributed by atoms with Gasteiger partial charge in [0.1, 0.15) is 4.90 Å². The van der Waals surface area contributed by atoms with Gasteiger partial charge in [-0.25, -0.2) is 13.1 Å². The summed E-state index contributed by atoms with van der Waals surface area (Å²) >= 11 is 6.02. The number of aromatic nitrogens is 2. The molecular weight excluding hydrogens is 338 g/mol. The summed E-state index contributed by atoms with van der Waals surface area (Å²) in [6.07, 6.45) is 4.17. The summed E-state index contributed by atoms with van der Waals surface area (Å²) in [4.78, 5) is 0.0513. The lowest BCUT2D eigenvalue weighted by atomic mass is 9.76. The molecule has 1 aromatic heterocycles. The minimum atomic E-state index is -3.77. The molecule has 6 nitrogen and oxygen atoms in total. The van der Waals surface area contributed by atoms with Crippen LogP contribution in [0.1, 0.15) is 24.4 Å². The number of halogens is 1. The first-order chi connectivity index (χ1) is 10.9. The second kappa shape index (κ2) is 6.24. The molecule has 1 aliphatic rings.